The van der Waals surface area contributed by atoms with Crippen LogP contribution < -0.4 is 10.6 Å². The van der Waals surface area contributed by atoms with Gasteiger partial charge in [-0.05, 0) is 110 Å². The molecule has 62 heavy (non-hydrogen) atoms. The van der Waals surface area contributed by atoms with Crippen molar-refractivity contribution in [2.45, 2.75) is 119 Å². The van der Waals surface area contributed by atoms with Gasteiger partial charge in [0.1, 0.15) is 38.6 Å². The molecule has 2 aromatic carbocycles. The Balaban J connectivity index is 1.13. The fourth-order valence-electron chi connectivity index (χ4n) is 9.95. The maximum Gasteiger partial charge on any atom is 0.407 e. The van der Waals surface area contributed by atoms with E-state index in [1.165, 1.54) is 0 Å². The number of carbonyl (C=O) groups is 6. The van der Waals surface area contributed by atoms with Crippen LogP contribution in [0, 0.1) is 33.5 Å². The Bertz CT molecular complexity index is 1690. The number of rotatable bonds is 19. The van der Waals surface area contributed by atoms with Crippen LogP contribution in [0.25, 0.3) is 0 Å². The molecule has 6 atom stereocenters. The molecule has 0 aromatic heterocycles. The van der Waals surface area contributed by atoms with E-state index in [1.54, 1.807) is 74.5 Å². The van der Waals surface area contributed by atoms with Crippen molar-refractivity contribution in [3.63, 3.8) is 0 Å². The van der Waals surface area contributed by atoms with E-state index in [4.69, 9.17) is 28.4 Å². The first-order chi connectivity index (χ1) is 29.1. The minimum absolute atomic E-state index is 0.0290. The van der Waals surface area contributed by atoms with Gasteiger partial charge >= 0.3 is 36.1 Å². The highest BCUT2D eigenvalue weighted by molar-refractivity contribution is 5.89. The predicted octanol–water partition coefficient (Wildman–Crippen LogP) is 8.46. The van der Waals surface area contributed by atoms with Crippen LogP contribution in [0.15, 0.2) is 60.7 Å². The lowest BCUT2D eigenvalue weighted by atomic mass is 9.60. The third-order valence-electron chi connectivity index (χ3n) is 11.4. The Morgan fingerprint density at radius 3 is 1.26 bits per heavy atom. The standard InChI is InChI=1S/C48H68N2O12/c1-33(27-59-41(53)37-15-11-9-12-16-37)61-43(55)49-31-47(7)25-35(23-45(3,4)29-47)21-39(51)57-19-20-58-40(52)22-36-24-46(5,6)30-48(8,26-36)32-50-44(56)62-34(2)28-60-42(54)38-17-13-10-14-18-38/h9-18,33-36H,19-32H2,1-8H3,(H,49,55)(H,50,56). The molecule has 2 saturated carbocycles. The molecular weight excluding hydrogens is 797 g/mol. The second-order valence-corrected chi connectivity index (χ2v) is 19.8. The highest BCUT2D eigenvalue weighted by atomic mass is 16.6. The summed E-state index contributed by atoms with van der Waals surface area (Å²) in [4.78, 5) is 75.7. The van der Waals surface area contributed by atoms with Crippen molar-refractivity contribution in [3.05, 3.63) is 71.8 Å². The van der Waals surface area contributed by atoms with E-state index >= 15 is 0 Å². The summed E-state index contributed by atoms with van der Waals surface area (Å²) in [6, 6.07) is 17.2. The average Bonchev–Trinajstić information content (AvgIpc) is 3.18. The van der Waals surface area contributed by atoms with Gasteiger partial charge in [0.05, 0.1) is 11.1 Å². The average molecular weight is 865 g/mol. The second kappa shape index (κ2) is 22.3. The Labute approximate surface area is 366 Å². The summed E-state index contributed by atoms with van der Waals surface area (Å²) >= 11 is 0. The van der Waals surface area contributed by atoms with Crippen LogP contribution in [-0.4, -0.2) is 87.8 Å². The van der Waals surface area contributed by atoms with Crippen molar-refractivity contribution in [1.29, 1.82) is 0 Å². The lowest BCUT2D eigenvalue weighted by Gasteiger charge is -2.46. The first-order valence-electron chi connectivity index (χ1n) is 21.8. The van der Waals surface area contributed by atoms with E-state index in [2.05, 4.69) is 52.2 Å². The van der Waals surface area contributed by atoms with Gasteiger partial charge in [-0.2, -0.15) is 0 Å². The van der Waals surface area contributed by atoms with Crippen molar-refractivity contribution in [1.82, 2.24) is 10.6 Å². The molecule has 2 aliphatic rings. The maximum absolute atomic E-state index is 13.0. The molecule has 0 aliphatic heterocycles. The number of hydrogen-bond acceptors (Lipinski definition) is 12. The summed E-state index contributed by atoms with van der Waals surface area (Å²) < 4.78 is 32.4. The van der Waals surface area contributed by atoms with Gasteiger partial charge in [-0.1, -0.05) is 77.9 Å². The van der Waals surface area contributed by atoms with Gasteiger partial charge in [0.25, 0.3) is 0 Å². The highest BCUT2D eigenvalue weighted by Crippen LogP contribution is 2.50. The summed E-state index contributed by atoms with van der Waals surface area (Å²) in [6.45, 7) is 16.6. The van der Waals surface area contributed by atoms with Crippen LogP contribution >= 0.6 is 0 Å². The molecule has 4 rings (SSSR count). The zero-order chi connectivity index (χ0) is 45.6. The van der Waals surface area contributed by atoms with Crippen molar-refractivity contribution in [2.75, 3.05) is 39.5 Å². The number of esters is 4. The molecule has 0 heterocycles. The van der Waals surface area contributed by atoms with Crippen LogP contribution in [0.3, 0.4) is 0 Å². The van der Waals surface area contributed by atoms with Crippen LogP contribution in [-0.2, 0) is 38.0 Å². The molecule has 14 nitrogen and oxygen atoms in total. The summed E-state index contributed by atoms with van der Waals surface area (Å²) in [6.07, 6.45) is 2.62. The number of amides is 2. The topological polar surface area (TPSA) is 182 Å². The van der Waals surface area contributed by atoms with Crippen molar-refractivity contribution < 1.29 is 57.2 Å². The quantitative estimate of drug-likeness (QED) is 0.0782. The number of alkyl carbamates (subject to hydrolysis) is 2. The Hall–Kier alpha value is -5.14. The van der Waals surface area contributed by atoms with Gasteiger partial charge in [-0.25, -0.2) is 19.2 Å². The van der Waals surface area contributed by atoms with E-state index in [0.717, 1.165) is 25.7 Å². The molecule has 6 unspecified atom stereocenters. The molecule has 0 radical (unpaired) electrons. The smallest absolute Gasteiger partial charge is 0.407 e. The number of nitrogens with one attached hydrogen (secondary N) is 2. The fourth-order valence-corrected chi connectivity index (χ4v) is 9.95. The lowest BCUT2D eigenvalue weighted by molar-refractivity contribution is -0.154. The maximum atomic E-state index is 13.0. The van der Waals surface area contributed by atoms with Gasteiger partial charge in [0.15, 0.2) is 0 Å². The zero-order valence-electron chi connectivity index (χ0n) is 37.9. The summed E-state index contributed by atoms with van der Waals surface area (Å²) in [7, 11) is 0. The van der Waals surface area contributed by atoms with Gasteiger partial charge < -0.3 is 39.1 Å². The summed E-state index contributed by atoms with van der Waals surface area (Å²) in [5.41, 5.74) is 0.0738. The molecule has 0 saturated heterocycles. The highest BCUT2D eigenvalue weighted by Gasteiger charge is 2.43. The minimum Gasteiger partial charge on any atom is -0.462 e. The van der Waals surface area contributed by atoms with Crippen LogP contribution in [0.4, 0.5) is 9.59 Å². The third kappa shape index (κ3) is 17.3. The second-order valence-electron chi connectivity index (χ2n) is 19.8. The molecule has 342 valence electrons. The van der Waals surface area contributed by atoms with E-state index in [0.29, 0.717) is 37.1 Å². The van der Waals surface area contributed by atoms with Gasteiger partial charge in [0, 0.05) is 25.9 Å². The number of hydrogen-bond donors (Lipinski definition) is 2. The van der Waals surface area contributed by atoms with Crippen LogP contribution in [0.1, 0.15) is 127 Å². The SMILES string of the molecule is CC(COC(=O)c1ccccc1)OC(=O)NCC1(C)CC(CC(=O)OCCOC(=O)CC2CC(C)(C)CC(C)(CNC(=O)OC(C)COC(=O)c3ccccc3)C2)CC(C)(C)C1. The van der Waals surface area contributed by atoms with E-state index < -0.39 is 36.3 Å². The zero-order valence-corrected chi connectivity index (χ0v) is 37.9. The monoisotopic (exact) mass is 864 g/mol. The van der Waals surface area contributed by atoms with Crippen molar-refractivity contribution >= 4 is 36.1 Å². The summed E-state index contributed by atoms with van der Waals surface area (Å²) in [5.74, 6) is -1.65. The summed E-state index contributed by atoms with van der Waals surface area (Å²) in [5, 5.41) is 5.74. The van der Waals surface area contributed by atoms with Crippen LogP contribution in [0.5, 0.6) is 0 Å². The first kappa shape index (κ1) is 49.5. The predicted molar refractivity (Wildman–Crippen MR) is 231 cm³/mol. The number of ether oxygens (including phenoxy) is 6. The Morgan fingerprint density at radius 2 is 0.903 bits per heavy atom. The molecule has 2 N–H and O–H groups in total. The van der Waals surface area contributed by atoms with Crippen molar-refractivity contribution in [3.8, 4) is 0 Å². The molecule has 14 heteroatoms. The normalized spacial score (nSPS) is 23.6. The van der Waals surface area contributed by atoms with Gasteiger partial charge in [0.2, 0.25) is 0 Å². The Kier molecular flexibility index (Phi) is 17.8. The largest absolute Gasteiger partial charge is 0.462 e. The molecule has 0 bridgehead atoms. The van der Waals surface area contributed by atoms with E-state index in [9.17, 15) is 28.8 Å². The van der Waals surface area contributed by atoms with Crippen LogP contribution in [0.2, 0.25) is 0 Å². The lowest BCUT2D eigenvalue weighted by Crippen LogP contribution is -2.44. The van der Waals surface area contributed by atoms with Crippen molar-refractivity contribution in [2.24, 2.45) is 33.5 Å². The van der Waals surface area contributed by atoms with E-state index in [-0.39, 0.29) is 84.7 Å². The Morgan fingerprint density at radius 1 is 0.548 bits per heavy atom. The molecular formula is C48H68N2O12. The number of benzene rings is 2. The van der Waals surface area contributed by atoms with E-state index in [1.807, 2.05) is 0 Å². The fraction of sp³-hybridized carbons (Fsp3) is 0.625. The minimum atomic E-state index is -0.648. The number of carbonyl (C=O) groups excluding carboxylic acids is 6. The first-order valence-corrected chi connectivity index (χ1v) is 21.8. The molecule has 2 fully saturated rings. The molecule has 2 amide bonds. The third-order valence-corrected chi connectivity index (χ3v) is 11.4. The van der Waals surface area contributed by atoms with Gasteiger partial charge in [-0.3, -0.25) is 9.59 Å². The molecule has 2 aromatic rings. The van der Waals surface area contributed by atoms with Gasteiger partial charge in [-0.15, -0.1) is 0 Å². The molecule has 0 spiro atoms. The molecule has 2 aliphatic carbocycles.